The van der Waals surface area contributed by atoms with E-state index in [1.807, 2.05) is 31.2 Å². The number of nitrogens with zero attached hydrogens (tertiary/aromatic N) is 2. The number of carbonyl (C=O) groups excluding carboxylic acids is 1. The molecule has 0 aliphatic carbocycles. The van der Waals surface area contributed by atoms with Crippen LogP contribution in [0.5, 0.6) is 0 Å². The van der Waals surface area contributed by atoms with Gasteiger partial charge in [0.2, 0.25) is 0 Å². The monoisotopic (exact) mass is 349 g/mol. The number of benzene rings is 1. The van der Waals surface area contributed by atoms with Gasteiger partial charge < -0.3 is 4.98 Å². The first-order valence-corrected chi connectivity index (χ1v) is 9.60. The Balaban J connectivity index is 1.76. The van der Waals surface area contributed by atoms with Crippen molar-refractivity contribution >= 4 is 51.5 Å². The summed E-state index contributed by atoms with van der Waals surface area (Å²) in [7, 11) is 0. The summed E-state index contributed by atoms with van der Waals surface area (Å²) < 4.78 is 1.80. The number of hydrogen-bond donors (Lipinski definition) is 1. The summed E-state index contributed by atoms with van der Waals surface area (Å²) >= 11 is 4.69. The molecule has 0 aliphatic rings. The number of carbonyl (C=O) groups is 1. The summed E-state index contributed by atoms with van der Waals surface area (Å²) in [4.78, 5) is 15.8. The van der Waals surface area contributed by atoms with Crippen LogP contribution in [0.1, 0.15) is 24.2 Å². The fourth-order valence-corrected chi connectivity index (χ4v) is 5.25. The number of Topliss-reactive ketones (excluding diaryl/α,β-unsaturated/α-hetero) is 1. The second kappa shape index (κ2) is 6.85. The van der Waals surface area contributed by atoms with Gasteiger partial charge in [-0.2, -0.15) is 0 Å². The maximum atomic E-state index is 12.7. The molecule has 3 aromatic rings. The first-order chi connectivity index (χ1) is 10.7. The second-order valence-electron chi connectivity index (χ2n) is 4.64. The van der Waals surface area contributed by atoms with E-state index >= 15 is 0 Å². The molecule has 0 spiro atoms. The topological polar surface area (TPSA) is 58.6 Å². The molecule has 7 heteroatoms. The molecule has 22 heavy (non-hydrogen) atoms. The van der Waals surface area contributed by atoms with E-state index in [-0.39, 0.29) is 11.0 Å². The van der Waals surface area contributed by atoms with Crippen LogP contribution in [0.4, 0.5) is 0 Å². The molecule has 2 aromatic heterocycles. The van der Waals surface area contributed by atoms with Crippen molar-refractivity contribution in [2.24, 2.45) is 0 Å². The van der Waals surface area contributed by atoms with Gasteiger partial charge in [0.1, 0.15) is 0 Å². The van der Waals surface area contributed by atoms with Crippen LogP contribution in [0.3, 0.4) is 0 Å². The minimum atomic E-state index is -0.188. The predicted octanol–water partition coefficient (Wildman–Crippen LogP) is 4.49. The summed E-state index contributed by atoms with van der Waals surface area (Å²) in [5, 5.41) is 9.06. The largest absolute Gasteiger partial charge is 0.360 e. The van der Waals surface area contributed by atoms with Crippen LogP contribution in [-0.2, 0) is 0 Å². The average Bonchev–Trinajstić information content (AvgIpc) is 3.13. The van der Waals surface area contributed by atoms with Crippen molar-refractivity contribution < 1.29 is 4.79 Å². The third-order valence-electron chi connectivity index (χ3n) is 3.16. The number of para-hydroxylation sites is 1. The minimum Gasteiger partial charge on any atom is -0.360 e. The molecule has 0 fully saturated rings. The summed E-state index contributed by atoms with van der Waals surface area (Å²) in [6.45, 7) is 4.00. The third-order valence-corrected chi connectivity index (χ3v) is 6.28. The van der Waals surface area contributed by atoms with Gasteiger partial charge in [0, 0.05) is 22.7 Å². The Morgan fingerprint density at radius 2 is 2.09 bits per heavy atom. The van der Waals surface area contributed by atoms with Gasteiger partial charge in [-0.05, 0) is 18.7 Å². The van der Waals surface area contributed by atoms with Crippen molar-refractivity contribution in [3.8, 4) is 0 Å². The zero-order valence-corrected chi connectivity index (χ0v) is 14.6. The number of nitrogens with one attached hydrogen (secondary N) is 1. The highest BCUT2D eigenvalue weighted by molar-refractivity contribution is 8.03. The highest BCUT2D eigenvalue weighted by Crippen LogP contribution is 2.33. The van der Waals surface area contributed by atoms with Crippen LogP contribution < -0.4 is 0 Å². The zero-order chi connectivity index (χ0) is 15.5. The normalized spacial score (nSPS) is 12.6. The van der Waals surface area contributed by atoms with Crippen LogP contribution in [0.25, 0.3) is 10.9 Å². The van der Waals surface area contributed by atoms with E-state index in [2.05, 4.69) is 22.1 Å². The van der Waals surface area contributed by atoms with E-state index in [4.69, 9.17) is 0 Å². The van der Waals surface area contributed by atoms with Crippen molar-refractivity contribution in [3.05, 3.63) is 36.0 Å². The lowest BCUT2D eigenvalue weighted by Gasteiger charge is -2.06. The third kappa shape index (κ3) is 3.21. The van der Waals surface area contributed by atoms with Gasteiger partial charge in [0.25, 0.3) is 0 Å². The fraction of sp³-hybridized carbons (Fsp3) is 0.267. The van der Waals surface area contributed by atoms with E-state index in [1.165, 1.54) is 11.8 Å². The Morgan fingerprint density at radius 3 is 2.91 bits per heavy atom. The van der Waals surface area contributed by atoms with Crippen LogP contribution in [-0.4, -0.2) is 32.0 Å². The molecule has 0 saturated heterocycles. The van der Waals surface area contributed by atoms with Gasteiger partial charge >= 0.3 is 0 Å². The highest BCUT2D eigenvalue weighted by atomic mass is 32.2. The van der Waals surface area contributed by atoms with Crippen LogP contribution in [0, 0.1) is 0 Å². The first-order valence-electron chi connectivity index (χ1n) is 6.92. The molecule has 2 heterocycles. The molecule has 4 nitrogen and oxygen atoms in total. The summed E-state index contributed by atoms with van der Waals surface area (Å²) in [6, 6.07) is 7.85. The van der Waals surface area contributed by atoms with Crippen molar-refractivity contribution in [1.29, 1.82) is 0 Å². The van der Waals surface area contributed by atoms with Gasteiger partial charge in [0.15, 0.2) is 14.5 Å². The summed E-state index contributed by atoms with van der Waals surface area (Å²) in [5.41, 5.74) is 1.73. The van der Waals surface area contributed by atoms with Gasteiger partial charge in [-0.25, -0.2) is 0 Å². The van der Waals surface area contributed by atoms with Crippen LogP contribution in [0.15, 0.2) is 39.1 Å². The summed E-state index contributed by atoms with van der Waals surface area (Å²) in [6.07, 6.45) is 1.79. The minimum absolute atomic E-state index is 0.113. The Hall–Kier alpha value is -1.31. The Morgan fingerprint density at radius 1 is 1.32 bits per heavy atom. The maximum Gasteiger partial charge on any atom is 0.178 e. The number of aromatic nitrogens is 3. The molecule has 3 rings (SSSR count). The molecular formula is C15H15N3OS3. The van der Waals surface area contributed by atoms with E-state index in [0.717, 1.165) is 30.9 Å². The molecule has 0 bridgehead atoms. The number of fused-ring (bicyclic) bond motifs is 1. The highest BCUT2D eigenvalue weighted by Gasteiger charge is 2.21. The summed E-state index contributed by atoms with van der Waals surface area (Å²) in [5.74, 6) is 1.09. The zero-order valence-electron chi connectivity index (χ0n) is 12.2. The number of thioether (sulfide) groups is 2. The van der Waals surface area contributed by atoms with Crippen molar-refractivity contribution in [2.75, 3.05) is 5.75 Å². The number of ketones is 1. The van der Waals surface area contributed by atoms with Gasteiger partial charge in [0.05, 0.1) is 5.25 Å². The second-order valence-corrected chi connectivity index (χ2v) is 8.72. The molecule has 1 aromatic carbocycles. The quantitative estimate of drug-likeness (QED) is 0.525. The van der Waals surface area contributed by atoms with Gasteiger partial charge in [-0.1, -0.05) is 60.0 Å². The van der Waals surface area contributed by atoms with Crippen molar-refractivity contribution in [3.63, 3.8) is 0 Å². The lowest BCUT2D eigenvalue weighted by Crippen LogP contribution is -2.12. The fourth-order valence-electron chi connectivity index (χ4n) is 2.13. The Kier molecular flexibility index (Phi) is 4.85. The number of rotatable bonds is 6. The first kappa shape index (κ1) is 15.6. The van der Waals surface area contributed by atoms with E-state index < -0.39 is 0 Å². The molecule has 0 amide bonds. The van der Waals surface area contributed by atoms with Crippen LogP contribution in [0.2, 0.25) is 0 Å². The number of H-pyrrole nitrogens is 1. The van der Waals surface area contributed by atoms with Gasteiger partial charge in [-0.3, -0.25) is 4.79 Å². The number of hydrogen-bond acceptors (Lipinski definition) is 6. The number of aromatic amines is 1. The van der Waals surface area contributed by atoms with Gasteiger partial charge in [-0.15, -0.1) is 10.2 Å². The smallest absolute Gasteiger partial charge is 0.178 e. The van der Waals surface area contributed by atoms with E-state index in [9.17, 15) is 4.79 Å². The SMILES string of the molecule is CCSc1nnc(SC(C)C(=O)c2c[nH]c3ccccc23)s1. The Labute approximate surface area is 141 Å². The molecule has 1 N–H and O–H groups in total. The molecule has 1 atom stereocenters. The maximum absolute atomic E-state index is 12.7. The lowest BCUT2D eigenvalue weighted by atomic mass is 10.1. The molecule has 114 valence electrons. The average molecular weight is 350 g/mol. The van der Waals surface area contributed by atoms with Crippen molar-refractivity contribution in [2.45, 2.75) is 27.8 Å². The van der Waals surface area contributed by atoms with Crippen molar-refractivity contribution in [1.82, 2.24) is 15.2 Å². The molecule has 1 unspecified atom stereocenters. The van der Waals surface area contributed by atoms with E-state index in [1.54, 1.807) is 29.3 Å². The Bertz CT molecular complexity index is 796. The predicted molar refractivity (Wildman–Crippen MR) is 94.3 cm³/mol. The standard InChI is InChI=1S/C15H15N3OS3/c1-3-20-14-17-18-15(22-14)21-9(2)13(19)11-8-16-12-7-5-4-6-10(11)12/h4-9,16H,3H2,1-2H3. The lowest BCUT2D eigenvalue weighted by molar-refractivity contribution is 0.0995. The van der Waals surface area contributed by atoms with Crippen LogP contribution >= 0.6 is 34.9 Å². The molecule has 0 saturated carbocycles. The van der Waals surface area contributed by atoms with E-state index in [0.29, 0.717) is 0 Å². The molecule has 0 aliphatic heterocycles. The molecule has 0 radical (unpaired) electrons. The molecular weight excluding hydrogens is 334 g/mol.